The first-order valence-corrected chi connectivity index (χ1v) is 6.44. The zero-order chi connectivity index (χ0) is 14.5. The molecular formula is C14H19N5O. The molecule has 0 fully saturated rings. The molecule has 1 aromatic carbocycles. The molecule has 0 unspecified atom stereocenters. The first-order valence-electron chi connectivity index (χ1n) is 6.44. The highest BCUT2D eigenvalue weighted by Crippen LogP contribution is 2.16. The number of hydrazine groups is 1. The molecule has 0 aliphatic heterocycles. The van der Waals surface area contributed by atoms with E-state index in [-0.39, 0.29) is 5.91 Å². The van der Waals surface area contributed by atoms with Crippen LogP contribution < -0.4 is 16.6 Å². The maximum atomic E-state index is 12.2. The quantitative estimate of drug-likeness (QED) is 0.560. The second kappa shape index (κ2) is 6.21. The number of nitrogens with zero attached hydrogens (tertiary/aromatic N) is 2. The van der Waals surface area contributed by atoms with E-state index in [0.717, 1.165) is 17.7 Å². The lowest BCUT2D eigenvalue weighted by atomic mass is 10.1. The van der Waals surface area contributed by atoms with Crippen LogP contribution in [0, 0.1) is 6.92 Å². The number of anilines is 1. The Morgan fingerprint density at radius 3 is 2.85 bits per heavy atom. The Morgan fingerprint density at radius 2 is 2.20 bits per heavy atom. The second-order valence-electron chi connectivity index (χ2n) is 4.65. The third-order valence-electron chi connectivity index (χ3n) is 3.16. The summed E-state index contributed by atoms with van der Waals surface area (Å²) in [6.07, 6.45) is 2.48. The topological polar surface area (TPSA) is 85.0 Å². The number of hydrogen-bond donors (Lipinski definition) is 3. The maximum Gasteiger partial charge on any atom is 0.253 e. The van der Waals surface area contributed by atoms with Crippen molar-refractivity contribution >= 4 is 11.6 Å². The summed E-state index contributed by atoms with van der Waals surface area (Å²) in [6, 6.07) is 7.45. The van der Waals surface area contributed by atoms with Gasteiger partial charge in [-0.1, -0.05) is 11.6 Å². The Bertz CT molecular complexity index is 605. The molecule has 0 spiro atoms. The van der Waals surface area contributed by atoms with Crippen LogP contribution in [0.4, 0.5) is 5.69 Å². The summed E-state index contributed by atoms with van der Waals surface area (Å²) in [5.74, 6) is 5.29. The fraction of sp³-hybridized carbons (Fsp3) is 0.286. The fourth-order valence-electron chi connectivity index (χ4n) is 2.02. The summed E-state index contributed by atoms with van der Waals surface area (Å²) in [5.41, 5.74) is 5.80. The van der Waals surface area contributed by atoms with Crippen LogP contribution in [0.25, 0.3) is 0 Å². The molecule has 0 aliphatic carbocycles. The molecule has 0 saturated heterocycles. The van der Waals surface area contributed by atoms with E-state index in [1.54, 1.807) is 16.9 Å². The van der Waals surface area contributed by atoms with Gasteiger partial charge in [0.2, 0.25) is 0 Å². The van der Waals surface area contributed by atoms with Crippen molar-refractivity contribution in [3.63, 3.8) is 0 Å². The number of nitrogens with two attached hydrogens (primary N) is 1. The van der Waals surface area contributed by atoms with Gasteiger partial charge in [0.1, 0.15) is 0 Å². The molecule has 1 aromatic heterocycles. The zero-order valence-corrected chi connectivity index (χ0v) is 11.7. The van der Waals surface area contributed by atoms with Crippen molar-refractivity contribution < 1.29 is 4.79 Å². The van der Waals surface area contributed by atoms with Crippen LogP contribution in [-0.2, 0) is 13.5 Å². The average Bonchev–Trinajstić information content (AvgIpc) is 2.84. The van der Waals surface area contributed by atoms with Crippen LogP contribution in [0.3, 0.4) is 0 Å². The van der Waals surface area contributed by atoms with E-state index in [1.807, 2.05) is 32.2 Å². The normalized spacial score (nSPS) is 10.3. The van der Waals surface area contributed by atoms with Gasteiger partial charge in [0.05, 0.1) is 11.3 Å². The number of amides is 1. The predicted octanol–water partition coefficient (Wildman–Crippen LogP) is 0.987. The lowest BCUT2D eigenvalue weighted by Crippen LogP contribution is -2.27. The van der Waals surface area contributed by atoms with Gasteiger partial charge in [0.15, 0.2) is 0 Å². The Kier molecular flexibility index (Phi) is 4.37. The molecule has 20 heavy (non-hydrogen) atoms. The number of aromatic nitrogens is 2. The number of aryl methyl sites for hydroxylation is 2. The molecule has 6 heteroatoms. The van der Waals surface area contributed by atoms with Gasteiger partial charge >= 0.3 is 0 Å². The van der Waals surface area contributed by atoms with Crippen molar-refractivity contribution in [1.82, 2.24) is 15.1 Å². The average molecular weight is 273 g/mol. The SMILES string of the molecule is Cc1ccc(NN)c(C(=O)NCCc2ccnn2C)c1. The molecule has 1 amide bonds. The number of benzene rings is 1. The van der Waals surface area contributed by atoms with Gasteiger partial charge in [-0.3, -0.25) is 15.3 Å². The Hall–Kier alpha value is -2.34. The lowest BCUT2D eigenvalue weighted by molar-refractivity contribution is 0.0954. The highest BCUT2D eigenvalue weighted by molar-refractivity contribution is 5.99. The fourth-order valence-corrected chi connectivity index (χ4v) is 2.02. The smallest absolute Gasteiger partial charge is 0.253 e. The first kappa shape index (κ1) is 14.1. The Morgan fingerprint density at radius 1 is 1.40 bits per heavy atom. The van der Waals surface area contributed by atoms with Gasteiger partial charge in [-0.25, -0.2) is 0 Å². The van der Waals surface area contributed by atoms with Gasteiger partial charge in [0, 0.05) is 31.9 Å². The second-order valence-corrected chi connectivity index (χ2v) is 4.65. The summed E-state index contributed by atoms with van der Waals surface area (Å²) in [5, 5.41) is 6.98. The van der Waals surface area contributed by atoms with Crippen molar-refractivity contribution in [2.24, 2.45) is 12.9 Å². The summed E-state index contributed by atoms with van der Waals surface area (Å²) in [7, 11) is 1.88. The van der Waals surface area contributed by atoms with Crippen LogP contribution in [0.1, 0.15) is 21.6 Å². The molecule has 0 atom stereocenters. The molecular weight excluding hydrogens is 254 g/mol. The standard InChI is InChI=1S/C14H19N5O/c1-10-3-4-13(18-15)12(9-10)14(20)16-7-5-11-6-8-17-19(11)2/h3-4,6,8-9,18H,5,7,15H2,1-2H3,(H,16,20). The number of nitrogens with one attached hydrogen (secondary N) is 2. The van der Waals surface area contributed by atoms with E-state index >= 15 is 0 Å². The number of carbonyl (C=O) groups excluding carboxylic acids is 1. The molecule has 1 heterocycles. The summed E-state index contributed by atoms with van der Waals surface area (Å²) in [6.45, 7) is 2.49. The van der Waals surface area contributed by atoms with Gasteiger partial charge in [-0.2, -0.15) is 5.10 Å². The number of nitrogen functional groups attached to an aromatic ring is 1. The molecule has 0 bridgehead atoms. The number of hydrogen-bond acceptors (Lipinski definition) is 4. The van der Waals surface area contributed by atoms with E-state index in [9.17, 15) is 4.79 Å². The number of rotatable bonds is 5. The Balaban J connectivity index is 1.98. The minimum atomic E-state index is -0.135. The van der Waals surface area contributed by atoms with E-state index < -0.39 is 0 Å². The minimum absolute atomic E-state index is 0.135. The summed E-state index contributed by atoms with van der Waals surface area (Å²) in [4.78, 5) is 12.2. The maximum absolute atomic E-state index is 12.2. The predicted molar refractivity (Wildman–Crippen MR) is 78.2 cm³/mol. The van der Waals surface area contributed by atoms with Gasteiger partial charge in [-0.05, 0) is 25.1 Å². The summed E-state index contributed by atoms with van der Waals surface area (Å²) < 4.78 is 1.80. The van der Waals surface area contributed by atoms with Crippen LogP contribution in [0.5, 0.6) is 0 Å². The van der Waals surface area contributed by atoms with Crippen LogP contribution in [0.15, 0.2) is 30.5 Å². The molecule has 6 nitrogen and oxygen atoms in total. The lowest BCUT2D eigenvalue weighted by Gasteiger charge is -2.10. The molecule has 0 radical (unpaired) electrons. The van der Waals surface area contributed by atoms with Crippen LogP contribution in [0.2, 0.25) is 0 Å². The van der Waals surface area contributed by atoms with Crippen molar-refractivity contribution in [1.29, 1.82) is 0 Å². The first-order chi connectivity index (χ1) is 9.61. The van der Waals surface area contributed by atoms with E-state index in [1.165, 1.54) is 0 Å². The van der Waals surface area contributed by atoms with Crippen molar-refractivity contribution in [2.75, 3.05) is 12.0 Å². The van der Waals surface area contributed by atoms with Crippen LogP contribution in [-0.4, -0.2) is 22.2 Å². The van der Waals surface area contributed by atoms with Crippen LogP contribution >= 0.6 is 0 Å². The minimum Gasteiger partial charge on any atom is -0.352 e. The molecule has 106 valence electrons. The highest BCUT2D eigenvalue weighted by atomic mass is 16.1. The third kappa shape index (κ3) is 3.16. The molecule has 4 N–H and O–H groups in total. The summed E-state index contributed by atoms with van der Waals surface area (Å²) >= 11 is 0. The molecule has 0 saturated carbocycles. The zero-order valence-electron chi connectivity index (χ0n) is 11.7. The van der Waals surface area contributed by atoms with E-state index in [2.05, 4.69) is 15.8 Å². The monoisotopic (exact) mass is 273 g/mol. The van der Waals surface area contributed by atoms with Crippen molar-refractivity contribution in [3.05, 3.63) is 47.3 Å². The van der Waals surface area contributed by atoms with Crippen molar-refractivity contribution in [2.45, 2.75) is 13.3 Å². The third-order valence-corrected chi connectivity index (χ3v) is 3.16. The molecule has 2 rings (SSSR count). The molecule has 0 aliphatic rings. The van der Waals surface area contributed by atoms with Gasteiger partial charge < -0.3 is 10.7 Å². The Labute approximate surface area is 117 Å². The van der Waals surface area contributed by atoms with Crippen molar-refractivity contribution in [3.8, 4) is 0 Å². The van der Waals surface area contributed by atoms with E-state index in [0.29, 0.717) is 17.8 Å². The largest absolute Gasteiger partial charge is 0.352 e. The van der Waals surface area contributed by atoms with E-state index in [4.69, 9.17) is 5.84 Å². The molecule has 2 aromatic rings. The highest BCUT2D eigenvalue weighted by Gasteiger charge is 2.11. The van der Waals surface area contributed by atoms with Gasteiger partial charge in [0.25, 0.3) is 5.91 Å². The number of carbonyl (C=O) groups is 1. The van der Waals surface area contributed by atoms with Gasteiger partial charge in [-0.15, -0.1) is 0 Å².